The van der Waals surface area contributed by atoms with Crippen molar-refractivity contribution in [2.24, 2.45) is 0 Å². The average Bonchev–Trinajstić information content (AvgIpc) is 2.86. The number of hydrogen-bond donors (Lipinski definition) is 2. The lowest BCUT2D eigenvalue weighted by Gasteiger charge is -2.12. The van der Waals surface area contributed by atoms with E-state index in [9.17, 15) is 4.79 Å². The minimum Gasteiger partial charge on any atom is -0.384 e. The molecule has 5 heteroatoms. The molecule has 0 radical (unpaired) electrons. The third kappa shape index (κ3) is 2.60. The molecule has 2 aromatic carbocycles. The number of carbonyl (C=O) groups is 1. The maximum atomic E-state index is 12.4. The Morgan fingerprint density at radius 2 is 2.00 bits per heavy atom. The molecule has 3 nitrogen and oxygen atoms in total. The van der Waals surface area contributed by atoms with Crippen molar-refractivity contribution in [1.29, 1.82) is 0 Å². The fraction of sp³-hybridized carbons (Fsp3) is 0.133. The number of benzene rings is 2. The second-order valence-corrected chi connectivity index (χ2v) is 6.40. The van der Waals surface area contributed by atoms with Gasteiger partial charge in [-0.25, -0.2) is 0 Å². The van der Waals surface area contributed by atoms with Gasteiger partial charge in [-0.2, -0.15) is 0 Å². The molecule has 0 bridgehead atoms. The summed E-state index contributed by atoms with van der Waals surface area (Å²) in [5.41, 5.74) is 2.88. The van der Waals surface area contributed by atoms with E-state index in [0.717, 1.165) is 25.9 Å². The van der Waals surface area contributed by atoms with Crippen molar-refractivity contribution in [2.75, 3.05) is 17.2 Å². The van der Waals surface area contributed by atoms with E-state index >= 15 is 0 Å². The van der Waals surface area contributed by atoms with Crippen LogP contribution in [0.1, 0.15) is 11.5 Å². The topological polar surface area (TPSA) is 41.1 Å². The Labute approximate surface area is 134 Å². The van der Waals surface area contributed by atoms with Gasteiger partial charge >= 0.3 is 0 Å². The van der Waals surface area contributed by atoms with Gasteiger partial charge in [0.15, 0.2) is 0 Å². The molecular weight excluding hydrogens is 384 g/mol. The highest BCUT2D eigenvalue weighted by Crippen LogP contribution is 2.33. The first-order valence-corrected chi connectivity index (χ1v) is 7.82. The summed E-state index contributed by atoms with van der Waals surface area (Å²) in [7, 11) is 0. The molecule has 0 spiro atoms. The van der Waals surface area contributed by atoms with Crippen molar-refractivity contribution in [3.63, 3.8) is 0 Å². The van der Waals surface area contributed by atoms with E-state index in [-0.39, 0.29) is 11.8 Å². The third-order valence-electron chi connectivity index (χ3n) is 3.34. The Morgan fingerprint density at radius 3 is 2.80 bits per heavy atom. The molecular formula is C15H12Br2N2O. The van der Waals surface area contributed by atoms with Crippen molar-refractivity contribution in [3.8, 4) is 0 Å². The molecule has 0 saturated heterocycles. The van der Waals surface area contributed by atoms with Crippen LogP contribution < -0.4 is 10.6 Å². The largest absolute Gasteiger partial charge is 0.384 e. The highest BCUT2D eigenvalue weighted by molar-refractivity contribution is 9.11. The Hall–Kier alpha value is -1.33. The number of halogens is 2. The maximum absolute atomic E-state index is 12.4. The van der Waals surface area contributed by atoms with Gasteiger partial charge < -0.3 is 10.6 Å². The highest BCUT2D eigenvalue weighted by Gasteiger charge is 2.28. The number of fused-ring (bicyclic) bond motifs is 1. The van der Waals surface area contributed by atoms with Crippen LogP contribution in [0.5, 0.6) is 0 Å². The second-order valence-electron chi connectivity index (χ2n) is 4.63. The van der Waals surface area contributed by atoms with Gasteiger partial charge in [0.1, 0.15) is 0 Å². The fourth-order valence-corrected chi connectivity index (χ4v) is 3.47. The molecule has 1 unspecified atom stereocenters. The van der Waals surface area contributed by atoms with Gasteiger partial charge in [0, 0.05) is 21.2 Å². The summed E-state index contributed by atoms with van der Waals surface area (Å²) >= 11 is 6.85. The van der Waals surface area contributed by atoms with E-state index in [2.05, 4.69) is 42.5 Å². The summed E-state index contributed by atoms with van der Waals surface area (Å²) in [6.07, 6.45) is 0. The van der Waals surface area contributed by atoms with Crippen molar-refractivity contribution in [2.45, 2.75) is 5.92 Å². The third-order valence-corrected chi connectivity index (χ3v) is 4.49. The van der Waals surface area contributed by atoms with Gasteiger partial charge in [-0.15, -0.1) is 0 Å². The van der Waals surface area contributed by atoms with Crippen LogP contribution in [0.4, 0.5) is 11.4 Å². The Balaban J connectivity index is 1.81. The molecule has 1 atom stereocenters. The van der Waals surface area contributed by atoms with Crippen molar-refractivity contribution in [1.82, 2.24) is 0 Å². The average molecular weight is 396 g/mol. The predicted molar refractivity (Wildman–Crippen MR) is 88.1 cm³/mol. The lowest BCUT2D eigenvalue weighted by molar-refractivity contribution is -0.117. The van der Waals surface area contributed by atoms with Crippen LogP contribution in [0.2, 0.25) is 0 Å². The Kier molecular flexibility index (Phi) is 3.81. The first kappa shape index (κ1) is 13.6. The van der Waals surface area contributed by atoms with Crippen LogP contribution in [-0.4, -0.2) is 12.5 Å². The fourth-order valence-electron chi connectivity index (χ4n) is 2.33. The normalized spacial score (nSPS) is 16.4. The summed E-state index contributed by atoms with van der Waals surface area (Å²) in [6.45, 7) is 0.638. The van der Waals surface area contributed by atoms with E-state index in [4.69, 9.17) is 0 Å². The van der Waals surface area contributed by atoms with Crippen molar-refractivity contribution in [3.05, 3.63) is 57.0 Å². The van der Waals surface area contributed by atoms with Crippen LogP contribution in [0, 0.1) is 0 Å². The summed E-state index contributed by atoms with van der Waals surface area (Å²) in [4.78, 5) is 12.4. The van der Waals surface area contributed by atoms with E-state index < -0.39 is 0 Å². The number of anilines is 2. The summed E-state index contributed by atoms with van der Waals surface area (Å²) in [5.74, 6) is -0.146. The first-order valence-electron chi connectivity index (χ1n) is 6.24. The molecule has 2 aromatic rings. The Bertz CT molecular complexity index is 673. The number of amides is 1. The molecule has 0 saturated carbocycles. The van der Waals surface area contributed by atoms with Gasteiger partial charge in [-0.1, -0.05) is 34.1 Å². The molecule has 0 aliphatic carbocycles. The molecule has 102 valence electrons. The first-order chi connectivity index (χ1) is 9.65. The maximum Gasteiger partial charge on any atom is 0.233 e. The molecule has 1 amide bonds. The van der Waals surface area contributed by atoms with Crippen LogP contribution in [0.3, 0.4) is 0 Å². The molecule has 1 aliphatic rings. The van der Waals surface area contributed by atoms with E-state index in [1.165, 1.54) is 0 Å². The molecule has 1 heterocycles. The lowest BCUT2D eigenvalue weighted by atomic mass is 10.0. The van der Waals surface area contributed by atoms with Gasteiger partial charge in [-0.3, -0.25) is 4.79 Å². The number of carbonyl (C=O) groups excluding carboxylic acids is 1. The molecule has 0 aromatic heterocycles. The van der Waals surface area contributed by atoms with Crippen molar-refractivity contribution >= 4 is 49.1 Å². The molecule has 2 N–H and O–H groups in total. The molecule has 1 aliphatic heterocycles. The van der Waals surface area contributed by atoms with Crippen LogP contribution in [0.15, 0.2) is 51.4 Å². The van der Waals surface area contributed by atoms with E-state index in [1.807, 2.05) is 42.5 Å². The quantitative estimate of drug-likeness (QED) is 0.793. The molecule has 3 rings (SSSR count). The smallest absolute Gasteiger partial charge is 0.233 e. The van der Waals surface area contributed by atoms with E-state index in [0.29, 0.717) is 6.54 Å². The monoisotopic (exact) mass is 394 g/mol. The van der Waals surface area contributed by atoms with Crippen molar-refractivity contribution < 1.29 is 4.79 Å². The standard InChI is InChI=1S/C15H12Br2N2O/c16-9-5-6-14(12(17)7-9)19-15(20)11-8-18-13-4-2-1-3-10(11)13/h1-7,11,18H,8H2,(H,19,20). The molecule has 0 fully saturated rings. The second kappa shape index (κ2) is 5.58. The van der Waals surface area contributed by atoms with Crippen LogP contribution in [0.25, 0.3) is 0 Å². The van der Waals surface area contributed by atoms with Gasteiger partial charge in [0.25, 0.3) is 0 Å². The number of nitrogens with one attached hydrogen (secondary N) is 2. The minimum absolute atomic E-state index is 0.00507. The zero-order chi connectivity index (χ0) is 14.1. The van der Waals surface area contributed by atoms with Crippen LogP contribution >= 0.6 is 31.9 Å². The summed E-state index contributed by atoms with van der Waals surface area (Å²) < 4.78 is 1.83. The zero-order valence-electron chi connectivity index (χ0n) is 10.5. The highest BCUT2D eigenvalue weighted by atomic mass is 79.9. The predicted octanol–water partition coefficient (Wildman–Crippen LogP) is 4.36. The Morgan fingerprint density at radius 1 is 1.20 bits per heavy atom. The van der Waals surface area contributed by atoms with Crippen LogP contribution in [-0.2, 0) is 4.79 Å². The number of para-hydroxylation sites is 1. The summed E-state index contributed by atoms with van der Waals surface area (Å²) in [5, 5.41) is 6.23. The van der Waals surface area contributed by atoms with Gasteiger partial charge in [0.05, 0.1) is 11.6 Å². The van der Waals surface area contributed by atoms with Gasteiger partial charge in [-0.05, 0) is 45.8 Å². The lowest BCUT2D eigenvalue weighted by Crippen LogP contribution is -2.22. The summed E-state index contributed by atoms with van der Waals surface area (Å²) in [6, 6.07) is 13.6. The zero-order valence-corrected chi connectivity index (χ0v) is 13.7. The van der Waals surface area contributed by atoms with E-state index in [1.54, 1.807) is 0 Å². The number of rotatable bonds is 2. The SMILES string of the molecule is O=C(Nc1ccc(Br)cc1Br)C1CNc2ccccc21. The number of hydrogen-bond acceptors (Lipinski definition) is 2. The minimum atomic E-state index is -0.151. The van der Waals surface area contributed by atoms with Gasteiger partial charge in [0.2, 0.25) is 5.91 Å². The molecule has 20 heavy (non-hydrogen) atoms.